The number of carbonyl (C=O) groups excluding carboxylic acids is 1. The number of anilines is 1. The van der Waals surface area contributed by atoms with Crippen LogP contribution in [0.3, 0.4) is 0 Å². The van der Waals surface area contributed by atoms with E-state index >= 15 is 4.39 Å². The zero-order valence-electron chi connectivity index (χ0n) is 34.8. The summed E-state index contributed by atoms with van der Waals surface area (Å²) in [6.45, 7) is 11.3. The number of fused-ring (bicyclic) bond motifs is 2. The fourth-order valence-corrected chi connectivity index (χ4v) is 7.93. The standard InChI is InChI=1S/C46H53FN6O6/c1-8-29-12-14-30(15-13-29)26-57-42-40(39-28(3)36(47)22-37-35(39)23-48-53(37)38-11-9-10-20-56-38)33(31-16-17-31)21-34-41(42)50-44(58-25-27(2)55-7)51-43(34)49-32-18-19-52(24-32)45(54)59-46(4,5)6/h1,12-15,21-23,27,31-32,38H,9-11,16-20,24-26H2,2-7H3,(H,49,50,51)/t27-,32-,38?/m0/s1. The number of hydrogen-bond acceptors (Lipinski definition) is 10. The normalized spacial score (nSPS) is 18.8. The fraction of sp³-hybridized carbons (Fsp3) is 0.478. The lowest BCUT2D eigenvalue weighted by molar-refractivity contribution is -0.0366. The zero-order valence-corrected chi connectivity index (χ0v) is 34.8. The van der Waals surface area contributed by atoms with Crippen molar-refractivity contribution in [3.8, 4) is 35.2 Å². The predicted octanol–water partition coefficient (Wildman–Crippen LogP) is 9.07. The van der Waals surface area contributed by atoms with Crippen LogP contribution >= 0.6 is 0 Å². The molecule has 2 aromatic heterocycles. The third-order valence-electron chi connectivity index (χ3n) is 11.3. The van der Waals surface area contributed by atoms with Crippen LogP contribution in [0.25, 0.3) is 32.9 Å². The van der Waals surface area contributed by atoms with Gasteiger partial charge in [-0.25, -0.2) is 13.9 Å². The van der Waals surface area contributed by atoms with Crippen molar-refractivity contribution in [2.45, 2.75) is 110 Å². The minimum atomic E-state index is -0.609. The molecule has 1 unspecified atom stereocenters. The number of nitrogens with zero attached hydrogens (tertiary/aromatic N) is 5. The lowest BCUT2D eigenvalue weighted by Gasteiger charge is -2.25. The topological polar surface area (TPSA) is 122 Å². The maximum atomic E-state index is 16.4. The van der Waals surface area contributed by atoms with E-state index in [-0.39, 0.29) is 55.4 Å². The molecule has 4 heterocycles. The van der Waals surface area contributed by atoms with Gasteiger partial charge in [-0.2, -0.15) is 15.1 Å². The van der Waals surface area contributed by atoms with Gasteiger partial charge in [0, 0.05) is 66.4 Å². The first-order chi connectivity index (χ1) is 28.4. The highest BCUT2D eigenvalue weighted by molar-refractivity contribution is 6.06. The molecule has 1 aliphatic carbocycles. The molecule has 2 aliphatic heterocycles. The number of halogens is 1. The van der Waals surface area contributed by atoms with Gasteiger partial charge in [-0.1, -0.05) is 18.1 Å². The summed E-state index contributed by atoms with van der Waals surface area (Å²) in [6, 6.07) is 11.4. The molecule has 13 heteroatoms. The highest BCUT2D eigenvalue weighted by atomic mass is 19.1. The molecule has 1 N–H and O–H groups in total. The summed E-state index contributed by atoms with van der Waals surface area (Å²) in [6.07, 6.45) is 12.0. The Hall–Kier alpha value is -5.45. The summed E-state index contributed by atoms with van der Waals surface area (Å²) in [7, 11) is 1.62. The van der Waals surface area contributed by atoms with Gasteiger partial charge in [-0.05, 0) is 114 Å². The molecular weight excluding hydrogens is 752 g/mol. The van der Waals surface area contributed by atoms with E-state index in [0.29, 0.717) is 59.8 Å². The minimum absolute atomic E-state index is 0.127. The van der Waals surface area contributed by atoms with Crippen LogP contribution in [0.4, 0.5) is 15.0 Å². The first kappa shape index (κ1) is 40.3. The lowest BCUT2D eigenvalue weighted by Crippen LogP contribution is -2.36. The number of hydrogen-bond donors (Lipinski definition) is 1. The van der Waals surface area contributed by atoms with Crippen LogP contribution in [-0.2, 0) is 20.8 Å². The summed E-state index contributed by atoms with van der Waals surface area (Å²) in [5.74, 6) is 3.56. The van der Waals surface area contributed by atoms with Gasteiger partial charge in [-0.3, -0.25) is 0 Å². The summed E-state index contributed by atoms with van der Waals surface area (Å²) in [4.78, 5) is 24.8. The number of nitrogens with one attached hydrogen (secondary N) is 1. The molecule has 8 rings (SSSR count). The van der Waals surface area contributed by atoms with Crippen molar-refractivity contribution in [1.29, 1.82) is 0 Å². The highest BCUT2D eigenvalue weighted by Crippen LogP contribution is 2.53. The SMILES string of the molecule is C#Cc1ccc(COc2c(-c3c(C)c(F)cc4c3cnn4C3CCCCO3)c(C3CC3)cc3c(N[C@H]4CCN(C(=O)OC(C)(C)C)C4)nc(OC[C@H](C)OC)nc23)cc1. The Kier molecular flexibility index (Phi) is 11.4. The number of aromatic nitrogens is 4. The Morgan fingerprint density at radius 1 is 1.07 bits per heavy atom. The number of methoxy groups -OCH3 is 1. The van der Waals surface area contributed by atoms with Crippen LogP contribution in [0.2, 0.25) is 0 Å². The van der Waals surface area contributed by atoms with Gasteiger partial charge >= 0.3 is 12.1 Å². The summed E-state index contributed by atoms with van der Waals surface area (Å²) >= 11 is 0. The van der Waals surface area contributed by atoms with Gasteiger partial charge in [0.2, 0.25) is 0 Å². The molecule has 5 aromatic rings. The van der Waals surface area contributed by atoms with Crippen molar-refractivity contribution in [3.63, 3.8) is 0 Å². The van der Waals surface area contributed by atoms with Crippen molar-refractivity contribution in [2.75, 3.05) is 38.7 Å². The van der Waals surface area contributed by atoms with E-state index in [0.717, 1.165) is 65.1 Å². The number of rotatable bonds is 12. The number of likely N-dealkylation sites (tertiary alicyclic amines) is 1. The summed E-state index contributed by atoms with van der Waals surface area (Å²) < 4.78 is 48.8. The number of terminal acetylenes is 1. The number of carbonyl (C=O) groups is 1. The van der Waals surface area contributed by atoms with Crippen molar-refractivity contribution in [2.24, 2.45) is 0 Å². The zero-order chi connectivity index (χ0) is 41.4. The smallest absolute Gasteiger partial charge is 0.410 e. The van der Waals surface area contributed by atoms with Crippen LogP contribution in [0.5, 0.6) is 11.8 Å². The average Bonchev–Trinajstić information content (AvgIpc) is 3.82. The molecule has 0 radical (unpaired) electrons. The molecule has 12 nitrogen and oxygen atoms in total. The highest BCUT2D eigenvalue weighted by Gasteiger charge is 2.35. The fourth-order valence-electron chi connectivity index (χ4n) is 7.93. The van der Waals surface area contributed by atoms with Gasteiger partial charge in [0.05, 0.1) is 17.8 Å². The molecule has 310 valence electrons. The molecule has 0 bridgehead atoms. The number of ether oxygens (including phenoxy) is 5. The van der Waals surface area contributed by atoms with Crippen molar-refractivity contribution < 1.29 is 32.9 Å². The number of amides is 1. The van der Waals surface area contributed by atoms with E-state index < -0.39 is 5.60 Å². The molecule has 2 saturated heterocycles. The van der Waals surface area contributed by atoms with Crippen LogP contribution in [0.1, 0.15) is 101 Å². The van der Waals surface area contributed by atoms with Gasteiger partial charge < -0.3 is 33.9 Å². The van der Waals surface area contributed by atoms with E-state index in [2.05, 4.69) is 17.3 Å². The van der Waals surface area contributed by atoms with E-state index in [1.807, 2.05) is 69.8 Å². The second-order valence-electron chi connectivity index (χ2n) is 16.9. The van der Waals surface area contributed by atoms with E-state index in [9.17, 15) is 4.79 Å². The summed E-state index contributed by atoms with van der Waals surface area (Å²) in [5.41, 5.74) is 5.19. The molecule has 3 fully saturated rings. The predicted molar refractivity (Wildman–Crippen MR) is 224 cm³/mol. The second kappa shape index (κ2) is 16.7. The molecule has 0 spiro atoms. The maximum absolute atomic E-state index is 16.4. The second-order valence-corrected chi connectivity index (χ2v) is 16.9. The van der Waals surface area contributed by atoms with E-state index in [4.69, 9.17) is 45.2 Å². The molecule has 3 aliphatic rings. The molecule has 3 atom stereocenters. The van der Waals surface area contributed by atoms with E-state index in [1.54, 1.807) is 18.1 Å². The van der Waals surface area contributed by atoms with Crippen LogP contribution in [0.15, 0.2) is 42.6 Å². The van der Waals surface area contributed by atoms with Gasteiger partial charge in [-0.15, -0.1) is 6.42 Å². The van der Waals surface area contributed by atoms with Crippen molar-refractivity contribution in [3.05, 3.63) is 70.7 Å². The Bertz CT molecular complexity index is 2390. The maximum Gasteiger partial charge on any atom is 0.410 e. The van der Waals surface area contributed by atoms with Gasteiger partial charge in [0.25, 0.3) is 0 Å². The van der Waals surface area contributed by atoms with Crippen molar-refractivity contribution in [1.82, 2.24) is 24.6 Å². The van der Waals surface area contributed by atoms with Gasteiger partial charge in [0.1, 0.15) is 36.0 Å². The Morgan fingerprint density at radius 2 is 1.86 bits per heavy atom. The van der Waals surface area contributed by atoms with Crippen molar-refractivity contribution >= 4 is 33.7 Å². The monoisotopic (exact) mass is 804 g/mol. The third-order valence-corrected chi connectivity index (χ3v) is 11.3. The van der Waals surface area contributed by atoms with Crippen LogP contribution in [-0.4, -0.2) is 81.9 Å². The molecule has 1 saturated carbocycles. The van der Waals surface area contributed by atoms with E-state index in [1.165, 1.54) is 0 Å². The molecule has 1 amide bonds. The summed E-state index contributed by atoms with van der Waals surface area (Å²) in [5, 5.41) is 9.99. The largest absolute Gasteiger partial charge is 0.486 e. The Labute approximate surface area is 344 Å². The Balaban J connectivity index is 1.32. The van der Waals surface area contributed by atoms with Gasteiger partial charge in [0.15, 0.2) is 12.0 Å². The first-order valence-electron chi connectivity index (χ1n) is 20.7. The quantitative estimate of drug-likeness (QED) is 0.122. The van der Waals surface area contributed by atoms with Crippen LogP contribution in [0, 0.1) is 25.1 Å². The average molecular weight is 805 g/mol. The third kappa shape index (κ3) is 8.66. The first-order valence-corrected chi connectivity index (χ1v) is 20.7. The Morgan fingerprint density at radius 3 is 2.56 bits per heavy atom. The molecule has 3 aromatic carbocycles. The van der Waals surface area contributed by atoms with Crippen LogP contribution < -0.4 is 14.8 Å². The number of benzene rings is 3. The minimum Gasteiger partial charge on any atom is -0.486 e. The lowest BCUT2D eigenvalue weighted by atomic mass is 9.88. The molecular formula is C46H53FN6O6. The molecule has 59 heavy (non-hydrogen) atoms.